The molecule has 2 aliphatic carbocycles. The van der Waals surface area contributed by atoms with Gasteiger partial charge in [0.25, 0.3) is 6.33 Å². The third-order valence-corrected chi connectivity index (χ3v) is 11.7. The van der Waals surface area contributed by atoms with Crippen molar-refractivity contribution in [2.24, 2.45) is 0 Å². The normalized spacial score (nSPS) is 12.8. The van der Waals surface area contributed by atoms with Gasteiger partial charge in [-0.3, -0.25) is 14.1 Å². The maximum atomic E-state index is 4.92. The van der Waals surface area contributed by atoms with Crippen molar-refractivity contribution in [3.05, 3.63) is 166 Å². The second-order valence-electron chi connectivity index (χ2n) is 16.8. The first kappa shape index (κ1) is 40.5. The summed E-state index contributed by atoms with van der Waals surface area (Å²) in [5.41, 5.74) is 17.9. The molecule has 4 bridgehead atoms. The van der Waals surface area contributed by atoms with Gasteiger partial charge in [-0.2, -0.15) is 0 Å². The van der Waals surface area contributed by atoms with E-state index in [1.54, 1.807) is 0 Å². The predicted octanol–water partition coefficient (Wildman–Crippen LogP) is 12.4. The fraction of sp³-hybridized carbons (Fsp3) is 0.308. The molecule has 0 saturated carbocycles. The summed E-state index contributed by atoms with van der Waals surface area (Å²) in [5, 5.41) is 2.52. The summed E-state index contributed by atoms with van der Waals surface area (Å²) in [7, 11) is 0. The van der Waals surface area contributed by atoms with Crippen molar-refractivity contribution in [1.29, 1.82) is 0 Å². The molecule has 8 aromatic rings. The number of aromatic nitrogens is 4. The maximum Gasteiger partial charge on any atom is 0.269 e. The van der Waals surface area contributed by atoms with Gasteiger partial charge in [0.2, 0.25) is 0 Å². The molecule has 0 atom stereocenters. The van der Waals surface area contributed by atoms with E-state index in [2.05, 4.69) is 186 Å². The fourth-order valence-electron chi connectivity index (χ4n) is 8.61. The summed E-state index contributed by atoms with van der Waals surface area (Å²) in [6, 6.07) is 39.8. The van der Waals surface area contributed by atoms with Crippen molar-refractivity contribution >= 4 is 32.8 Å². The Labute approximate surface area is 354 Å². The molecule has 295 valence electrons. The molecule has 3 aromatic heterocycles. The molecule has 4 nitrogen and oxygen atoms in total. The number of pyridine rings is 1. The minimum absolute atomic E-state index is 0. The van der Waals surface area contributed by atoms with Crippen LogP contribution < -0.4 is 9.55 Å². The van der Waals surface area contributed by atoms with Gasteiger partial charge in [-0.05, 0) is 99.1 Å². The number of benzene rings is 5. The van der Waals surface area contributed by atoms with Gasteiger partial charge in [0.15, 0.2) is 0 Å². The molecule has 2 aliphatic heterocycles. The van der Waals surface area contributed by atoms with E-state index in [-0.39, 0.29) is 22.4 Å². The summed E-state index contributed by atoms with van der Waals surface area (Å²) in [5.74, 6) is 1.71. The molecule has 0 N–H and O–H groups in total. The van der Waals surface area contributed by atoms with E-state index in [0.29, 0.717) is 23.7 Å². The Kier molecular flexibility index (Phi) is 12.1. The second-order valence-corrected chi connectivity index (χ2v) is 16.8. The van der Waals surface area contributed by atoms with Crippen molar-refractivity contribution in [3.63, 3.8) is 0 Å². The minimum atomic E-state index is 0. The third kappa shape index (κ3) is 7.80. The van der Waals surface area contributed by atoms with Crippen LogP contribution in [0.4, 0.5) is 0 Å². The first-order valence-corrected chi connectivity index (χ1v) is 20.7. The van der Waals surface area contributed by atoms with Crippen molar-refractivity contribution < 1.29 is 26.9 Å². The van der Waals surface area contributed by atoms with Crippen LogP contribution in [-0.2, 0) is 48.1 Å². The minimum Gasteiger partial charge on any atom is -0.657 e. The summed E-state index contributed by atoms with van der Waals surface area (Å²) in [6.07, 6.45) is 9.92. The Morgan fingerprint density at radius 2 is 1.14 bits per heavy atom. The molecule has 0 amide bonds. The molecule has 1 radical (unpaired) electrons. The van der Waals surface area contributed by atoms with Crippen LogP contribution in [0.5, 0.6) is 0 Å². The predicted molar refractivity (Wildman–Crippen MR) is 234 cm³/mol. The molecule has 57 heavy (non-hydrogen) atoms. The number of nitrogens with zero attached hydrogens (tertiary/aromatic N) is 4. The molecule has 0 fully saturated rings. The molecule has 12 rings (SSSR count). The van der Waals surface area contributed by atoms with Gasteiger partial charge in [0.1, 0.15) is 0 Å². The van der Waals surface area contributed by atoms with Crippen molar-refractivity contribution in [3.8, 4) is 11.4 Å². The van der Waals surface area contributed by atoms with Crippen LogP contribution in [-0.4, -0.2) is 9.55 Å². The van der Waals surface area contributed by atoms with Gasteiger partial charge >= 0.3 is 0 Å². The molecule has 4 aliphatic rings. The van der Waals surface area contributed by atoms with Gasteiger partial charge < -0.3 is 4.98 Å². The molecule has 0 saturated heterocycles. The summed E-state index contributed by atoms with van der Waals surface area (Å²) >= 11 is 0. The number of imidazole rings is 1. The van der Waals surface area contributed by atoms with Gasteiger partial charge in [-0.1, -0.05) is 165 Å². The molecule has 5 heteroatoms. The topological polar surface area (TPSA) is 35.8 Å². The van der Waals surface area contributed by atoms with E-state index in [1.807, 2.05) is 0 Å². The third-order valence-electron chi connectivity index (χ3n) is 11.7. The molecule has 5 heterocycles. The molecule has 0 spiro atoms. The fourth-order valence-corrected chi connectivity index (χ4v) is 8.61. The Bertz CT molecular complexity index is 2510. The largest absolute Gasteiger partial charge is 0.657 e. The monoisotopic (exact) mass is 932 g/mol. The number of para-hydroxylation sites is 5. The van der Waals surface area contributed by atoms with Gasteiger partial charge in [-0.25, -0.2) is 0 Å². The maximum absolute atomic E-state index is 4.92. The zero-order chi connectivity index (χ0) is 39.1. The van der Waals surface area contributed by atoms with Crippen molar-refractivity contribution in [2.45, 2.75) is 105 Å². The Morgan fingerprint density at radius 1 is 0.596 bits per heavy atom. The Balaban J connectivity index is 0.000000181. The smallest absolute Gasteiger partial charge is 0.269 e. The van der Waals surface area contributed by atoms with E-state index in [9.17, 15) is 0 Å². The Morgan fingerprint density at radius 3 is 1.75 bits per heavy atom. The van der Waals surface area contributed by atoms with Crippen LogP contribution in [0.1, 0.15) is 124 Å². The Hall–Kier alpha value is -4.74. The van der Waals surface area contributed by atoms with Crippen LogP contribution in [0, 0.1) is 6.33 Å². The summed E-state index contributed by atoms with van der Waals surface area (Å²) in [4.78, 5) is 9.74. The molecule has 5 aromatic carbocycles. The molecular weight excluding hydrogens is 878 g/mol. The van der Waals surface area contributed by atoms with E-state index in [1.165, 1.54) is 77.8 Å². The first-order chi connectivity index (χ1) is 27.1. The quantitative estimate of drug-likeness (QED) is 0.0946. The number of fused-ring (bicyclic) bond motifs is 2. The zero-order valence-corrected chi connectivity index (χ0v) is 36.9. The van der Waals surface area contributed by atoms with Crippen LogP contribution in [0.25, 0.3) is 44.2 Å². The van der Waals surface area contributed by atoms with E-state index in [4.69, 9.17) is 9.97 Å². The number of hydrogen-bond acceptors (Lipinski definition) is 1. The van der Waals surface area contributed by atoms with Gasteiger partial charge in [0, 0.05) is 34.3 Å². The van der Waals surface area contributed by atoms with Crippen LogP contribution in [0.15, 0.2) is 115 Å². The van der Waals surface area contributed by atoms with Gasteiger partial charge in [0.05, 0.1) is 22.4 Å². The number of rotatable bonds is 6. The van der Waals surface area contributed by atoms with E-state index < -0.39 is 0 Å². The second kappa shape index (κ2) is 17.0. The standard InChI is InChI=1S/C31H38N2.C21H17N2.Au/c1-20(2)24-13-11-14-25(21(3)4)30(24)32-19-33(29-18-10-9-17-28(29)32)31-26(22(5)6)15-12-16-27(31)23(7)8;1-2-4-18-17(3-1)20-19-12-10-15-7-5-14(6-8-15)9-11-16(13-22-19)21(20)23-18;/h9-18,20-23H,1-8H3;1-8,13H,9-12H2;/q;-1;. The average molecular weight is 933 g/mol. The number of aryl methyl sites for hydroxylation is 4. The van der Waals surface area contributed by atoms with E-state index >= 15 is 0 Å². The molecular formula is C52H55AuN4-. The van der Waals surface area contributed by atoms with Crippen molar-refractivity contribution in [2.75, 3.05) is 0 Å². The average Bonchev–Trinajstić information content (AvgIpc) is 3.78. The molecule has 0 unspecified atom stereocenters. The van der Waals surface area contributed by atoms with Crippen LogP contribution in [0.3, 0.4) is 0 Å². The van der Waals surface area contributed by atoms with Crippen molar-refractivity contribution in [1.82, 2.24) is 14.5 Å². The number of hydrogen-bond donors (Lipinski definition) is 0. The first-order valence-electron chi connectivity index (χ1n) is 20.7. The van der Waals surface area contributed by atoms with E-state index in [0.717, 1.165) is 36.7 Å². The van der Waals surface area contributed by atoms with Crippen LogP contribution >= 0.6 is 0 Å². The summed E-state index contributed by atoms with van der Waals surface area (Å²) in [6.45, 7) is 18.3. The zero-order valence-electron chi connectivity index (χ0n) is 34.7. The van der Waals surface area contributed by atoms with Crippen LogP contribution in [0.2, 0.25) is 0 Å². The summed E-state index contributed by atoms with van der Waals surface area (Å²) < 4.78 is 4.64. The SMILES string of the molecule is CC(C)c1cccc(C(C)C)c1-n1[c-][n+](-c2c(C(C)C)cccc2C(C)C)c2ccccc21.[Au].c1ccc2c(c1)[n-]c1c3cnc(c12)CCc1ccc(cc1)CC3. The van der Waals surface area contributed by atoms with Gasteiger partial charge in [-0.15, -0.1) is 11.0 Å².